The highest BCUT2D eigenvalue weighted by Gasteiger charge is 2.29. The first kappa shape index (κ1) is 14.8. The van der Waals surface area contributed by atoms with Gasteiger partial charge in [0.15, 0.2) is 0 Å². The molecule has 1 aliphatic rings. The lowest BCUT2D eigenvalue weighted by molar-refractivity contribution is -0.151. The maximum absolute atomic E-state index is 11.8. The van der Waals surface area contributed by atoms with Crippen LogP contribution in [0.3, 0.4) is 0 Å². The predicted octanol–water partition coefficient (Wildman–Crippen LogP) is 2.51. The van der Waals surface area contributed by atoms with Crippen molar-refractivity contribution < 1.29 is 9.53 Å². The molecule has 3 nitrogen and oxygen atoms in total. The Morgan fingerprint density at radius 2 is 2.00 bits per heavy atom. The zero-order valence-electron chi connectivity index (χ0n) is 12.3. The zero-order chi connectivity index (χ0) is 14.6. The van der Waals surface area contributed by atoms with Crippen molar-refractivity contribution in [2.75, 3.05) is 6.61 Å². The third kappa shape index (κ3) is 4.22. The van der Waals surface area contributed by atoms with E-state index in [1.165, 1.54) is 0 Å². The molecule has 1 N–H and O–H groups in total. The number of carbonyl (C=O) groups excluding carboxylic acids is 1. The highest BCUT2D eigenvalue weighted by atomic mass is 28.3. The largest absolute Gasteiger partial charge is 0.462 e. The molecule has 0 aliphatic carbocycles. The van der Waals surface area contributed by atoms with Crippen molar-refractivity contribution in [3.63, 3.8) is 0 Å². The van der Waals surface area contributed by atoms with Gasteiger partial charge in [-0.2, -0.15) is 0 Å². The van der Waals surface area contributed by atoms with Crippen molar-refractivity contribution in [2.45, 2.75) is 38.1 Å². The van der Waals surface area contributed by atoms with Crippen LogP contribution in [0.1, 0.15) is 18.0 Å². The smallest absolute Gasteiger partial charge is 0.324 e. The topological polar surface area (TPSA) is 38.3 Å². The van der Waals surface area contributed by atoms with Gasteiger partial charge < -0.3 is 4.74 Å². The van der Waals surface area contributed by atoms with Crippen molar-refractivity contribution in [1.29, 1.82) is 0 Å². The van der Waals surface area contributed by atoms with E-state index in [2.05, 4.69) is 36.4 Å². The minimum Gasteiger partial charge on any atom is -0.462 e. The molecule has 0 bridgehead atoms. The van der Waals surface area contributed by atoms with E-state index in [1.54, 1.807) is 0 Å². The SMILES string of the molecule is C[Si](C)(C)C#CC[C@@H]1N[C@@H](c2ccccc2)COC1=O. The molecule has 0 radical (unpaired) electrons. The third-order valence-electron chi connectivity index (χ3n) is 3.05. The monoisotopic (exact) mass is 287 g/mol. The Kier molecular flexibility index (Phi) is 4.63. The number of cyclic esters (lactones) is 1. The normalized spacial score (nSPS) is 22.6. The molecule has 4 heteroatoms. The molecule has 1 heterocycles. The fraction of sp³-hybridized carbons (Fsp3) is 0.438. The zero-order valence-corrected chi connectivity index (χ0v) is 13.3. The van der Waals surface area contributed by atoms with Crippen LogP contribution in [0.25, 0.3) is 0 Å². The van der Waals surface area contributed by atoms with Crippen molar-refractivity contribution >= 4 is 14.0 Å². The van der Waals surface area contributed by atoms with Crippen molar-refractivity contribution in [3.05, 3.63) is 35.9 Å². The Labute approximate surface area is 121 Å². The molecule has 1 aromatic carbocycles. The molecule has 0 spiro atoms. The molecular weight excluding hydrogens is 266 g/mol. The first-order chi connectivity index (χ1) is 9.46. The number of esters is 1. The summed E-state index contributed by atoms with van der Waals surface area (Å²) in [4.78, 5) is 11.8. The molecule has 1 aromatic rings. The molecule has 20 heavy (non-hydrogen) atoms. The van der Waals surface area contributed by atoms with Gasteiger partial charge in [-0.3, -0.25) is 10.1 Å². The summed E-state index contributed by atoms with van der Waals surface area (Å²) in [5, 5.41) is 3.34. The number of carbonyl (C=O) groups is 1. The summed E-state index contributed by atoms with van der Waals surface area (Å²) in [7, 11) is -1.39. The lowest BCUT2D eigenvalue weighted by Gasteiger charge is -2.29. The lowest BCUT2D eigenvalue weighted by Crippen LogP contribution is -2.47. The van der Waals surface area contributed by atoms with E-state index in [-0.39, 0.29) is 18.1 Å². The summed E-state index contributed by atoms with van der Waals surface area (Å²) in [5.74, 6) is 2.95. The summed E-state index contributed by atoms with van der Waals surface area (Å²) < 4.78 is 5.28. The van der Waals surface area contributed by atoms with Gasteiger partial charge in [-0.15, -0.1) is 11.5 Å². The van der Waals surface area contributed by atoms with Gasteiger partial charge >= 0.3 is 5.97 Å². The van der Waals surface area contributed by atoms with Gasteiger partial charge in [-0.1, -0.05) is 50.0 Å². The van der Waals surface area contributed by atoms with Crippen molar-refractivity contribution in [3.8, 4) is 11.5 Å². The van der Waals surface area contributed by atoms with Gasteiger partial charge in [-0.05, 0) is 5.56 Å². The number of hydrogen-bond donors (Lipinski definition) is 1. The van der Waals surface area contributed by atoms with E-state index in [0.29, 0.717) is 13.0 Å². The second-order valence-corrected chi connectivity index (χ2v) is 10.8. The fourth-order valence-corrected chi connectivity index (χ4v) is 2.70. The highest BCUT2D eigenvalue weighted by Crippen LogP contribution is 2.19. The molecule has 1 fully saturated rings. The van der Waals surface area contributed by atoms with Crippen LogP contribution < -0.4 is 5.32 Å². The minimum atomic E-state index is -1.39. The van der Waals surface area contributed by atoms with Gasteiger partial charge in [0, 0.05) is 6.42 Å². The summed E-state index contributed by atoms with van der Waals surface area (Å²) in [6.07, 6.45) is 0.520. The number of nitrogens with one attached hydrogen (secondary N) is 1. The van der Waals surface area contributed by atoms with Gasteiger partial charge in [0.05, 0.1) is 6.04 Å². The van der Waals surface area contributed by atoms with Crippen molar-refractivity contribution in [1.82, 2.24) is 5.32 Å². The quantitative estimate of drug-likeness (QED) is 0.516. The van der Waals surface area contributed by atoms with Gasteiger partial charge in [0.25, 0.3) is 0 Å². The van der Waals surface area contributed by atoms with Crippen molar-refractivity contribution in [2.24, 2.45) is 0 Å². The molecule has 2 rings (SSSR count). The van der Waals surface area contributed by atoms with Gasteiger partial charge in [0.1, 0.15) is 20.7 Å². The average Bonchev–Trinajstić information content (AvgIpc) is 2.40. The fourth-order valence-electron chi connectivity index (χ4n) is 2.06. The Hall–Kier alpha value is -1.57. The number of rotatable bonds is 2. The molecule has 106 valence electrons. The van der Waals surface area contributed by atoms with Crippen LogP contribution >= 0.6 is 0 Å². The number of hydrogen-bond acceptors (Lipinski definition) is 3. The van der Waals surface area contributed by atoms with Crippen LogP contribution in [0.15, 0.2) is 30.3 Å². The molecule has 0 unspecified atom stereocenters. The Morgan fingerprint density at radius 1 is 1.30 bits per heavy atom. The molecule has 2 atom stereocenters. The van der Waals surface area contributed by atoms with E-state index in [9.17, 15) is 4.79 Å². The standard InChI is InChI=1S/C16H21NO2Si/c1-20(2,3)11-7-10-14-16(18)19-12-15(17-14)13-8-5-4-6-9-13/h4-6,8-9,14-15,17H,10,12H2,1-3H3/t14-,15+/m0/s1. The number of benzene rings is 1. The van der Waals surface area contributed by atoms with Gasteiger partial charge in [0.2, 0.25) is 0 Å². The summed E-state index contributed by atoms with van der Waals surface area (Å²) in [6, 6.07) is 9.80. The van der Waals surface area contributed by atoms with Crippen LogP contribution in [0, 0.1) is 11.5 Å². The highest BCUT2D eigenvalue weighted by molar-refractivity contribution is 6.83. The van der Waals surface area contributed by atoms with E-state index >= 15 is 0 Å². The van der Waals surface area contributed by atoms with Crippen LogP contribution in [0.2, 0.25) is 19.6 Å². The van der Waals surface area contributed by atoms with Gasteiger partial charge in [-0.25, -0.2) is 0 Å². The predicted molar refractivity (Wildman–Crippen MR) is 82.8 cm³/mol. The van der Waals surface area contributed by atoms with Crippen LogP contribution in [0.4, 0.5) is 0 Å². The van der Waals surface area contributed by atoms with Crippen LogP contribution in [0.5, 0.6) is 0 Å². The second-order valence-electron chi connectivity index (χ2n) is 6.07. The summed E-state index contributed by atoms with van der Waals surface area (Å²) >= 11 is 0. The molecule has 1 saturated heterocycles. The lowest BCUT2D eigenvalue weighted by atomic mass is 10.0. The molecule has 0 amide bonds. The Morgan fingerprint density at radius 3 is 2.65 bits per heavy atom. The number of ether oxygens (including phenoxy) is 1. The van der Waals surface area contributed by atoms with E-state index < -0.39 is 8.07 Å². The Bertz CT molecular complexity index is 525. The van der Waals surface area contributed by atoms with E-state index in [1.807, 2.05) is 30.3 Å². The maximum Gasteiger partial charge on any atom is 0.324 e. The second kappa shape index (κ2) is 6.25. The van der Waals surface area contributed by atoms with Crippen LogP contribution in [-0.4, -0.2) is 26.7 Å². The first-order valence-corrected chi connectivity index (χ1v) is 10.4. The summed E-state index contributed by atoms with van der Waals surface area (Å²) in [6.45, 7) is 6.97. The molecular formula is C16H21NO2Si. The summed E-state index contributed by atoms with van der Waals surface area (Å²) in [5.41, 5.74) is 4.43. The average molecular weight is 287 g/mol. The third-order valence-corrected chi connectivity index (χ3v) is 3.98. The first-order valence-electron chi connectivity index (χ1n) is 6.93. The van der Waals surface area contributed by atoms with E-state index in [0.717, 1.165) is 5.56 Å². The Balaban J connectivity index is 2.02. The van der Waals surface area contributed by atoms with Crippen LogP contribution in [-0.2, 0) is 9.53 Å². The minimum absolute atomic E-state index is 0.0626. The van der Waals surface area contributed by atoms with E-state index in [4.69, 9.17) is 4.74 Å². The molecule has 1 aliphatic heterocycles. The molecule has 0 aromatic heterocycles. The maximum atomic E-state index is 11.8. The number of morpholine rings is 1. The molecule has 0 saturated carbocycles.